The SMILES string of the molecule is C1=CC(c2cc(C3=C4Sc5c(C6=NC(c7ccccc7)CC(c7ccccc7)=N6)cccc5C5(C4=CCC3)c3ccccc3-c3ccccc35)cc(-c3cccnc3)n2)=CNC1. The summed E-state index contributed by atoms with van der Waals surface area (Å²) in [5, 5.41) is 3.42. The van der Waals surface area contributed by atoms with E-state index >= 15 is 0 Å². The number of allylic oxidation sites excluding steroid dienone is 5. The lowest BCUT2D eigenvalue weighted by Gasteiger charge is -2.44. The number of thioether (sulfide) groups is 1. The zero-order chi connectivity index (χ0) is 41.0. The maximum Gasteiger partial charge on any atom is 0.156 e. The van der Waals surface area contributed by atoms with E-state index in [4.69, 9.17) is 15.0 Å². The first-order chi connectivity index (χ1) is 30.7. The summed E-state index contributed by atoms with van der Waals surface area (Å²) in [7, 11) is 0. The summed E-state index contributed by atoms with van der Waals surface area (Å²) in [5.41, 5.74) is 18.2. The van der Waals surface area contributed by atoms with Crippen LogP contribution in [0, 0.1) is 0 Å². The fourth-order valence-corrected chi connectivity index (χ4v) is 11.7. The highest BCUT2D eigenvalue weighted by Crippen LogP contribution is 2.66. The Morgan fingerprint density at radius 2 is 1.37 bits per heavy atom. The zero-order valence-electron chi connectivity index (χ0n) is 34.0. The number of hydrogen-bond donors (Lipinski definition) is 1. The van der Waals surface area contributed by atoms with E-state index in [1.807, 2.05) is 30.2 Å². The highest BCUT2D eigenvalue weighted by Gasteiger charge is 2.53. The van der Waals surface area contributed by atoms with E-state index in [2.05, 4.69) is 180 Å². The summed E-state index contributed by atoms with van der Waals surface area (Å²) in [6.45, 7) is 0.805. The summed E-state index contributed by atoms with van der Waals surface area (Å²) in [4.78, 5) is 23.3. The smallest absolute Gasteiger partial charge is 0.156 e. The molecular formula is C56H41N5S. The maximum atomic E-state index is 5.55. The third-order valence-electron chi connectivity index (χ3n) is 12.9. The van der Waals surface area contributed by atoms with Gasteiger partial charge < -0.3 is 5.32 Å². The summed E-state index contributed by atoms with van der Waals surface area (Å²) in [6.07, 6.45) is 15.3. The van der Waals surface area contributed by atoms with E-state index in [0.29, 0.717) is 0 Å². The van der Waals surface area contributed by atoms with Crippen molar-refractivity contribution >= 4 is 34.5 Å². The van der Waals surface area contributed by atoms with Gasteiger partial charge in [0.05, 0.1) is 28.6 Å². The number of rotatable bonds is 6. The van der Waals surface area contributed by atoms with Gasteiger partial charge in [-0.25, -0.2) is 9.98 Å². The molecule has 62 heavy (non-hydrogen) atoms. The van der Waals surface area contributed by atoms with E-state index in [1.54, 1.807) is 0 Å². The van der Waals surface area contributed by atoms with Gasteiger partial charge in [0.1, 0.15) is 0 Å². The molecule has 6 heteroatoms. The van der Waals surface area contributed by atoms with E-state index in [9.17, 15) is 0 Å². The normalized spacial score (nSPS) is 18.0. The summed E-state index contributed by atoms with van der Waals surface area (Å²) < 4.78 is 0. The number of amidine groups is 1. The molecule has 296 valence electrons. The quantitative estimate of drug-likeness (QED) is 0.182. The van der Waals surface area contributed by atoms with E-state index in [1.165, 1.54) is 59.9 Å². The van der Waals surface area contributed by atoms with Crippen LogP contribution in [-0.4, -0.2) is 28.1 Å². The summed E-state index contributed by atoms with van der Waals surface area (Å²) >= 11 is 1.90. The second-order valence-electron chi connectivity index (χ2n) is 16.4. The lowest BCUT2D eigenvalue weighted by atomic mass is 9.64. The molecule has 1 atom stereocenters. The van der Waals surface area contributed by atoms with Crippen LogP contribution in [0.15, 0.2) is 214 Å². The Labute approximate surface area is 366 Å². The van der Waals surface area contributed by atoms with Crippen molar-refractivity contribution in [2.45, 2.75) is 35.6 Å². The Morgan fingerprint density at radius 1 is 0.661 bits per heavy atom. The van der Waals surface area contributed by atoms with E-state index in [-0.39, 0.29) is 6.04 Å². The fraction of sp³-hybridized carbons (Fsp3) is 0.107. The Morgan fingerprint density at radius 3 is 2.13 bits per heavy atom. The Bertz CT molecular complexity index is 3080. The lowest BCUT2D eigenvalue weighted by molar-refractivity contribution is 0.723. The number of aliphatic imine (C=N–C) groups is 2. The van der Waals surface area contributed by atoms with Crippen LogP contribution in [-0.2, 0) is 5.41 Å². The van der Waals surface area contributed by atoms with Crippen molar-refractivity contribution in [3.63, 3.8) is 0 Å². The van der Waals surface area contributed by atoms with Crippen molar-refractivity contribution < 1.29 is 0 Å². The van der Waals surface area contributed by atoms with Crippen LogP contribution in [0.1, 0.15) is 69.9 Å². The minimum atomic E-state index is -0.550. The van der Waals surface area contributed by atoms with E-state index in [0.717, 1.165) is 71.0 Å². The Kier molecular flexibility index (Phi) is 8.93. The molecule has 1 N–H and O–H groups in total. The molecule has 5 aromatic carbocycles. The first-order valence-corrected chi connectivity index (χ1v) is 22.3. The third kappa shape index (κ3) is 5.93. The molecule has 12 rings (SSSR count). The third-order valence-corrected chi connectivity index (χ3v) is 14.2. The van der Waals surface area contributed by atoms with Crippen LogP contribution in [0.4, 0.5) is 0 Å². The molecule has 5 aliphatic rings. The van der Waals surface area contributed by atoms with Crippen LogP contribution >= 0.6 is 11.8 Å². The van der Waals surface area contributed by atoms with Gasteiger partial charge in [0.25, 0.3) is 0 Å². The van der Waals surface area contributed by atoms with E-state index < -0.39 is 5.41 Å². The van der Waals surface area contributed by atoms with Gasteiger partial charge in [0, 0.05) is 58.1 Å². The molecule has 2 aliphatic carbocycles. The van der Waals surface area contributed by atoms with Gasteiger partial charge in [0.15, 0.2) is 5.84 Å². The minimum absolute atomic E-state index is 0.0658. The first-order valence-electron chi connectivity index (χ1n) is 21.5. The average molecular weight is 816 g/mol. The fourth-order valence-electron chi connectivity index (χ4n) is 10.2. The largest absolute Gasteiger partial charge is 0.387 e. The molecule has 5 heterocycles. The van der Waals surface area contributed by atoms with Gasteiger partial charge >= 0.3 is 0 Å². The van der Waals surface area contributed by atoms with Crippen LogP contribution in [0.2, 0.25) is 0 Å². The molecule has 3 aliphatic heterocycles. The second-order valence-corrected chi connectivity index (χ2v) is 17.4. The molecule has 0 amide bonds. The maximum absolute atomic E-state index is 5.55. The van der Waals surface area contributed by atoms with Crippen LogP contribution < -0.4 is 5.32 Å². The van der Waals surface area contributed by atoms with Crippen molar-refractivity contribution in [2.75, 3.05) is 6.54 Å². The predicted octanol–water partition coefficient (Wildman–Crippen LogP) is 12.6. The topological polar surface area (TPSA) is 62.5 Å². The van der Waals surface area contributed by atoms with Gasteiger partial charge in [-0.15, -0.1) is 0 Å². The van der Waals surface area contributed by atoms with Gasteiger partial charge in [0.2, 0.25) is 0 Å². The molecule has 0 saturated carbocycles. The standard InChI is InChI=1S/C56H41N5S/c1-3-15-36(16-4-1)51-33-52(37-17-5-2-6-18-37)61-55(60-51)44-24-12-28-48-54(44)62-53-41(40-31-49(38-19-13-29-57-34-38)59-50(32-40)39-20-14-30-58-35-39)23-11-27-47(53)56(48)45-25-9-7-21-42(45)43-22-8-10-26-46(43)56/h1-10,12-22,24-29,31-32,34-35,51,58H,11,23,30,33H2. The monoisotopic (exact) mass is 815 g/mol. The van der Waals surface area contributed by atoms with Crippen LogP contribution in [0.3, 0.4) is 0 Å². The van der Waals surface area contributed by atoms with Gasteiger partial charge in [-0.2, -0.15) is 0 Å². The van der Waals surface area contributed by atoms with Gasteiger partial charge in [-0.1, -0.05) is 157 Å². The van der Waals surface area contributed by atoms with Crippen LogP contribution in [0.5, 0.6) is 0 Å². The molecule has 1 spiro atoms. The highest BCUT2D eigenvalue weighted by atomic mass is 32.2. The van der Waals surface area contributed by atoms with Crippen LogP contribution in [0.25, 0.3) is 33.5 Å². The Hall–Kier alpha value is -7.15. The first kappa shape index (κ1) is 36.7. The van der Waals surface area contributed by atoms with Crippen molar-refractivity contribution in [2.24, 2.45) is 9.98 Å². The molecule has 7 aromatic rings. The van der Waals surface area contributed by atoms with Crippen molar-refractivity contribution in [3.05, 3.63) is 244 Å². The molecule has 0 bridgehead atoms. The molecule has 2 aromatic heterocycles. The molecule has 0 saturated heterocycles. The number of dihydropyridines is 1. The molecule has 5 nitrogen and oxygen atoms in total. The minimum Gasteiger partial charge on any atom is -0.387 e. The number of pyridine rings is 2. The second kappa shape index (κ2) is 15.1. The zero-order valence-corrected chi connectivity index (χ0v) is 34.8. The Balaban J connectivity index is 1.14. The molecule has 0 fully saturated rings. The molecule has 0 radical (unpaired) electrons. The summed E-state index contributed by atoms with van der Waals surface area (Å²) in [6, 6.07) is 54.9. The highest BCUT2D eigenvalue weighted by molar-refractivity contribution is 8.03. The average Bonchev–Trinajstić information content (AvgIpc) is 3.65. The molecule has 1 unspecified atom stereocenters. The number of fused-ring (bicyclic) bond motifs is 9. The van der Waals surface area contributed by atoms with Gasteiger partial charge in [-0.3, -0.25) is 9.98 Å². The number of nitrogens with zero attached hydrogens (tertiary/aromatic N) is 4. The lowest BCUT2D eigenvalue weighted by Crippen LogP contribution is -2.35. The number of hydrogen-bond acceptors (Lipinski definition) is 6. The summed E-state index contributed by atoms with van der Waals surface area (Å²) in [5.74, 6) is 0.780. The number of nitrogens with one attached hydrogen (secondary N) is 1. The van der Waals surface area contributed by atoms with Crippen molar-refractivity contribution in [3.8, 4) is 22.4 Å². The molecular weight excluding hydrogens is 775 g/mol. The number of aromatic nitrogens is 2. The van der Waals surface area contributed by atoms with Gasteiger partial charge in [-0.05, 0) is 92.8 Å². The van der Waals surface area contributed by atoms with Crippen molar-refractivity contribution in [1.29, 1.82) is 0 Å². The predicted molar refractivity (Wildman–Crippen MR) is 254 cm³/mol. The number of benzene rings is 5. The van der Waals surface area contributed by atoms with Crippen molar-refractivity contribution in [1.82, 2.24) is 15.3 Å².